The SMILES string of the molecule is CCCOc1c(OC)cc(/C=C(/C#N)c2nc(-c3ccccc3)cs2)cc1OC. The maximum Gasteiger partial charge on any atom is 0.203 e. The van der Waals surface area contributed by atoms with Gasteiger partial charge in [0.1, 0.15) is 11.1 Å². The van der Waals surface area contributed by atoms with Crippen LogP contribution < -0.4 is 14.2 Å². The molecule has 0 aliphatic heterocycles. The van der Waals surface area contributed by atoms with Crippen LogP contribution in [0.5, 0.6) is 17.2 Å². The number of benzene rings is 2. The average molecular weight is 407 g/mol. The number of hydrogen-bond acceptors (Lipinski definition) is 6. The van der Waals surface area contributed by atoms with E-state index in [1.54, 1.807) is 20.3 Å². The van der Waals surface area contributed by atoms with Gasteiger partial charge in [0, 0.05) is 10.9 Å². The number of allylic oxidation sites excluding steroid dienone is 1. The molecule has 0 bridgehead atoms. The first-order valence-electron chi connectivity index (χ1n) is 9.22. The second-order valence-corrected chi connectivity index (χ2v) is 7.03. The molecule has 0 unspecified atom stereocenters. The van der Waals surface area contributed by atoms with Crippen molar-refractivity contribution in [1.29, 1.82) is 5.26 Å². The number of aromatic nitrogens is 1. The van der Waals surface area contributed by atoms with Crippen LogP contribution in [0.25, 0.3) is 22.9 Å². The second-order valence-electron chi connectivity index (χ2n) is 6.18. The van der Waals surface area contributed by atoms with Gasteiger partial charge >= 0.3 is 0 Å². The highest BCUT2D eigenvalue weighted by Crippen LogP contribution is 2.39. The van der Waals surface area contributed by atoms with Gasteiger partial charge in [-0.05, 0) is 30.2 Å². The third-order valence-corrected chi connectivity index (χ3v) is 5.04. The van der Waals surface area contributed by atoms with Crippen LogP contribution in [0.2, 0.25) is 0 Å². The Morgan fingerprint density at radius 3 is 2.41 bits per heavy atom. The van der Waals surface area contributed by atoms with E-state index < -0.39 is 0 Å². The number of nitrogens with zero attached hydrogens (tertiary/aromatic N) is 2. The molecule has 1 aromatic heterocycles. The lowest BCUT2D eigenvalue weighted by molar-refractivity contribution is 0.275. The van der Waals surface area contributed by atoms with Crippen LogP contribution in [0.15, 0.2) is 47.8 Å². The van der Waals surface area contributed by atoms with E-state index in [0.29, 0.717) is 34.4 Å². The molecule has 29 heavy (non-hydrogen) atoms. The fourth-order valence-corrected chi connectivity index (χ4v) is 3.57. The van der Waals surface area contributed by atoms with Gasteiger partial charge in [0.2, 0.25) is 5.75 Å². The monoisotopic (exact) mass is 406 g/mol. The Bertz CT molecular complexity index is 1010. The fraction of sp³-hybridized carbons (Fsp3) is 0.217. The Morgan fingerprint density at radius 2 is 1.83 bits per heavy atom. The summed E-state index contributed by atoms with van der Waals surface area (Å²) in [6, 6.07) is 15.8. The van der Waals surface area contributed by atoms with Crippen molar-refractivity contribution >= 4 is 23.0 Å². The minimum atomic E-state index is 0.475. The quantitative estimate of drug-likeness (QED) is 0.450. The van der Waals surface area contributed by atoms with Crippen molar-refractivity contribution < 1.29 is 14.2 Å². The molecule has 0 atom stereocenters. The van der Waals surface area contributed by atoms with Crippen LogP contribution in [-0.4, -0.2) is 25.8 Å². The minimum Gasteiger partial charge on any atom is -0.493 e. The van der Waals surface area contributed by atoms with E-state index in [9.17, 15) is 5.26 Å². The summed E-state index contributed by atoms with van der Waals surface area (Å²) in [5.41, 5.74) is 3.12. The molecule has 0 aliphatic rings. The maximum atomic E-state index is 9.71. The summed E-state index contributed by atoms with van der Waals surface area (Å²) in [6.07, 6.45) is 2.66. The van der Waals surface area contributed by atoms with Crippen LogP contribution in [0, 0.1) is 11.3 Å². The molecule has 0 saturated heterocycles. The highest BCUT2D eigenvalue weighted by Gasteiger charge is 2.15. The molecule has 3 rings (SSSR count). The summed E-state index contributed by atoms with van der Waals surface area (Å²) >= 11 is 1.44. The molecule has 148 valence electrons. The molecule has 0 N–H and O–H groups in total. The molecule has 3 aromatic rings. The van der Waals surface area contributed by atoms with E-state index in [1.165, 1.54) is 11.3 Å². The first-order chi connectivity index (χ1) is 14.2. The second kappa shape index (κ2) is 9.76. The molecule has 0 aliphatic carbocycles. The third-order valence-electron chi connectivity index (χ3n) is 4.17. The van der Waals surface area contributed by atoms with Gasteiger partial charge in [0.15, 0.2) is 11.5 Å². The Labute approximate surface area is 174 Å². The molecule has 5 nitrogen and oxygen atoms in total. The van der Waals surface area contributed by atoms with Crippen LogP contribution in [-0.2, 0) is 0 Å². The Kier molecular flexibility index (Phi) is 6.88. The van der Waals surface area contributed by atoms with E-state index in [0.717, 1.165) is 23.2 Å². The van der Waals surface area contributed by atoms with E-state index in [2.05, 4.69) is 11.1 Å². The lowest BCUT2D eigenvalue weighted by Crippen LogP contribution is -2.01. The van der Waals surface area contributed by atoms with Crippen molar-refractivity contribution in [1.82, 2.24) is 4.98 Å². The van der Waals surface area contributed by atoms with E-state index in [4.69, 9.17) is 14.2 Å². The zero-order chi connectivity index (χ0) is 20.6. The molecular formula is C23H22N2O3S. The van der Waals surface area contributed by atoms with Crippen molar-refractivity contribution in [3.8, 4) is 34.6 Å². The van der Waals surface area contributed by atoms with Gasteiger partial charge in [-0.15, -0.1) is 11.3 Å². The Balaban J connectivity index is 1.97. The smallest absolute Gasteiger partial charge is 0.203 e. The maximum absolute atomic E-state index is 9.71. The van der Waals surface area contributed by atoms with Gasteiger partial charge in [-0.25, -0.2) is 4.98 Å². The highest BCUT2D eigenvalue weighted by molar-refractivity contribution is 7.11. The molecule has 0 spiro atoms. The molecule has 0 saturated carbocycles. The Hall–Kier alpha value is -3.30. The van der Waals surface area contributed by atoms with Crippen LogP contribution in [0.3, 0.4) is 0 Å². The Morgan fingerprint density at radius 1 is 1.14 bits per heavy atom. The van der Waals surface area contributed by atoms with E-state index >= 15 is 0 Å². The molecule has 0 amide bonds. The van der Waals surface area contributed by atoms with Gasteiger partial charge in [-0.2, -0.15) is 5.26 Å². The van der Waals surface area contributed by atoms with Gasteiger partial charge in [0.05, 0.1) is 32.1 Å². The molecular weight excluding hydrogens is 384 g/mol. The number of methoxy groups -OCH3 is 2. The normalized spacial score (nSPS) is 11.0. The molecule has 1 heterocycles. The first kappa shape index (κ1) is 20.4. The van der Waals surface area contributed by atoms with Gasteiger partial charge < -0.3 is 14.2 Å². The summed E-state index contributed by atoms with van der Waals surface area (Å²) < 4.78 is 16.7. The van der Waals surface area contributed by atoms with Crippen molar-refractivity contribution in [3.05, 3.63) is 58.4 Å². The van der Waals surface area contributed by atoms with Crippen molar-refractivity contribution in [2.45, 2.75) is 13.3 Å². The topological polar surface area (TPSA) is 64.4 Å². The molecule has 0 fully saturated rings. The van der Waals surface area contributed by atoms with E-state index in [-0.39, 0.29) is 0 Å². The lowest BCUT2D eigenvalue weighted by atomic mass is 10.1. The third kappa shape index (κ3) is 4.76. The van der Waals surface area contributed by atoms with Crippen molar-refractivity contribution in [3.63, 3.8) is 0 Å². The summed E-state index contributed by atoms with van der Waals surface area (Å²) in [6.45, 7) is 2.60. The predicted molar refractivity (Wildman–Crippen MR) is 116 cm³/mol. The van der Waals surface area contributed by atoms with Gasteiger partial charge in [-0.1, -0.05) is 37.3 Å². The number of nitriles is 1. The summed E-state index contributed by atoms with van der Waals surface area (Å²) in [5, 5.41) is 12.3. The fourth-order valence-electron chi connectivity index (χ4n) is 2.78. The van der Waals surface area contributed by atoms with Crippen LogP contribution >= 0.6 is 11.3 Å². The first-order valence-corrected chi connectivity index (χ1v) is 10.1. The zero-order valence-corrected chi connectivity index (χ0v) is 17.5. The highest BCUT2D eigenvalue weighted by atomic mass is 32.1. The standard InChI is InChI=1S/C23H22N2O3S/c1-4-10-28-22-20(26-2)12-16(13-21(22)27-3)11-18(14-24)23-25-19(15-29-23)17-8-6-5-7-9-17/h5-9,11-13,15H,4,10H2,1-3H3/b18-11-. The molecule has 0 radical (unpaired) electrons. The van der Waals surface area contributed by atoms with Crippen LogP contribution in [0.4, 0.5) is 0 Å². The predicted octanol–water partition coefficient (Wildman–Crippen LogP) is 5.68. The zero-order valence-electron chi connectivity index (χ0n) is 16.6. The average Bonchev–Trinajstić information content (AvgIpc) is 3.26. The number of rotatable bonds is 8. The van der Waals surface area contributed by atoms with Crippen molar-refractivity contribution in [2.24, 2.45) is 0 Å². The lowest BCUT2D eigenvalue weighted by Gasteiger charge is -2.15. The van der Waals surface area contributed by atoms with Gasteiger partial charge in [0.25, 0.3) is 0 Å². The number of hydrogen-bond donors (Lipinski definition) is 0. The van der Waals surface area contributed by atoms with Crippen molar-refractivity contribution in [2.75, 3.05) is 20.8 Å². The summed E-state index contributed by atoms with van der Waals surface area (Å²) in [7, 11) is 3.17. The number of ether oxygens (including phenoxy) is 3. The van der Waals surface area contributed by atoms with E-state index in [1.807, 2.05) is 54.8 Å². The minimum absolute atomic E-state index is 0.475. The number of thiazole rings is 1. The summed E-state index contributed by atoms with van der Waals surface area (Å²) in [4.78, 5) is 4.63. The molecule has 2 aromatic carbocycles. The molecule has 6 heteroatoms. The summed E-state index contributed by atoms with van der Waals surface area (Å²) in [5.74, 6) is 1.68. The van der Waals surface area contributed by atoms with Gasteiger partial charge in [-0.3, -0.25) is 0 Å². The van der Waals surface area contributed by atoms with Crippen LogP contribution in [0.1, 0.15) is 23.9 Å². The largest absolute Gasteiger partial charge is 0.493 e.